The Bertz CT molecular complexity index is 482. The monoisotopic (exact) mass is 295 g/mol. The van der Waals surface area contributed by atoms with E-state index >= 15 is 0 Å². The zero-order valence-corrected chi connectivity index (χ0v) is 12.8. The summed E-state index contributed by atoms with van der Waals surface area (Å²) in [4.78, 5) is 14.2. The average Bonchev–Trinajstić information content (AvgIpc) is 2.31. The number of halogens is 1. The predicted octanol–water partition coefficient (Wildman–Crippen LogP) is 2.26. The van der Waals surface area contributed by atoms with E-state index in [0.29, 0.717) is 23.2 Å². The lowest BCUT2D eigenvalue weighted by atomic mass is 9.97. The quantitative estimate of drug-likeness (QED) is 0.899. The van der Waals surface area contributed by atoms with E-state index < -0.39 is 0 Å². The van der Waals surface area contributed by atoms with Crippen molar-refractivity contribution in [1.82, 2.24) is 4.90 Å². The number of carbonyl (C=O) groups excluding carboxylic acids is 1. The van der Waals surface area contributed by atoms with Crippen molar-refractivity contribution in [2.75, 3.05) is 25.0 Å². The maximum atomic E-state index is 12.1. The first kappa shape index (κ1) is 15.3. The van der Waals surface area contributed by atoms with E-state index in [-0.39, 0.29) is 11.9 Å². The predicted molar refractivity (Wildman–Crippen MR) is 83.0 cm³/mol. The van der Waals surface area contributed by atoms with Gasteiger partial charge < -0.3 is 11.1 Å². The Hall–Kier alpha value is -1.10. The van der Waals surface area contributed by atoms with Crippen LogP contribution in [0.1, 0.15) is 18.9 Å². The fourth-order valence-electron chi connectivity index (χ4n) is 2.76. The van der Waals surface area contributed by atoms with Crippen LogP contribution in [0.4, 0.5) is 5.69 Å². The molecule has 0 aliphatic carbocycles. The van der Waals surface area contributed by atoms with Crippen molar-refractivity contribution in [2.45, 2.75) is 26.3 Å². The lowest BCUT2D eigenvalue weighted by molar-refractivity contribution is -0.117. The molecular formula is C15H22ClN3O. The molecule has 1 aliphatic rings. The molecule has 1 fully saturated rings. The Morgan fingerprint density at radius 3 is 2.90 bits per heavy atom. The Morgan fingerprint density at radius 2 is 2.25 bits per heavy atom. The molecule has 2 rings (SSSR count). The van der Waals surface area contributed by atoms with Gasteiger partial charge >= 0.3 is 0 Å². The lowest BCUT2D eigenvalue weighted by Gasteiger charge is -2.34. The van der Waals surface area contributed by atoms with Crippen LogP contribution in [0.15, 0.2) is 18.2 Å². The SMILES string of the molecule is Cc1ccc(NC(=O)CN2CC(C)CC(N)C2)c(Cl)c1. The zero-order chi connectivity index (χ0) is 14.7. The number of nitrogens with zero attached hydrogens (tertiary/aromatic N) is 1. The summed E-state index contributed by atoms with van der Waals surface area (Å²) in [5.41, 5.74) is 7.73. The van der Waals surface area contributed by atoms with E-state index in [0.717, 1.165) is 25.1 Å². The highest BCUT2D eigenvalue weighted by Crippen LogP contribution is 2.22. The second kappa shape index (κ2) is 6.57. The third kappa shape index (κ3) is 4.20. The molecule has 1 aromatic carbocycles. The number of benzene rings is 1. The van der Waals surface area contributed by atoms with Crippen LogP contribution in [-0.4, -0.2) is 36.5 Å². The van der Waals surface area contributed by atoms with Gasteiger partial charge in [-0.1, -0.05) is 24.6 Å². The number of hydrogen-bond acceptors (Lipinski definition) is 3. The fraction of sp³-hybridized carbons (Fsp3) is 0.533. The lowest BCUT2D eigenvalue weighted by Crippen LogP contribution is -2.48. The topological polar surface area (TPSA) is 58.4 Å². The molecule has 4 nitrogen and oxygen atoms in total. The summed E-state index contributed by atoms with van der Waals surface area (Å²) in [6.45, 7) is 6.19. The molecular weight excluding hydrogens is 274 g/mol. The number of hydrogen-bond donors (Lipinski definition) is 2. The van der Waals surface area contributed by atoms with Gasteiger partial charge in [0, 0.05) is 19.1 Å². The van der Waals surface area contributed by atoms with Gasteiger partial charge in [-0.3, -0.25) is 9.69 Å². The highest BCUT2D eigenvalue weighted by molar-refractivity contribution is 6.33. The second-order valence-electron chi connectivity index (χ2n) is 5.83. The van der Waals surface area contributed by atoms with Gasteiger partial charge in [-0.25, -0.2) is 0 Å². The zero-order valence-electron chi connectivity index (χ0n) is 12.0. The summed E-state index contributed by atoms with van der Waals surface area (Å²) in [6.07, 6.45) is 1.03. The molecule has 3 N–H and O–H groups in total. The fourth-order valence-corrected chi connectivity index (χ4v) is 3.04. The van der Waals surface area contributed by atoms with Gasteiger partial charge in [0.25, 0.3) is 0 Å². The van der Waals surface area contributed by atoms with Crippen LogP contribution in [0.2, 0.25) is 5.02 Å². The van der Waals surface area contributed by atoms with Crippen LogP contribution in [0.25, 0.3) is 0 Å². The first-order valence-corrected chi connectivity index (χ1v) is 7.36. The summed E-state index contributed by atoms with van der Waals surface area (Å²) in [5, 5.41) is 3.43. The van der Waals surface area contributed by atoms with Gasteiger partial charge in [-0.05, 0) is 37.0 Å². The first-order valence-electron chi connectivity index (χ1n) is 6.98. The molecule has 2 unspecified atom stereocenters. The van der Waals surface area contributed by atoms with E-state index in [1.165, 1.54) is 0 Å². The molecule has 0 bridgehead atoms. The Labute approximate surface area is 125 Å². The molecule has 5 heteroatoms. The van der Waals surface area contributed by atoms with Gasteiger partial charge in [0.15, 0.2) is 0 Å². The van der Waals surface area contributed by atoms with Gasteiger partial charge in [-0.2, -0.15) is 0 Å². The molecule has 0 radical (unpaired) electrons. The molecule has 0 spiro atoms. The normalized spacial score (nSPS) is 23.6. The smallest absolute Gasteiger partial charge is 0.238 e. The van der Waals surface area contributed by atoms with E-state index in [2.05, 4.69) is 17.1 Å². The van der Waals surface area contributed by atoms with Crippen molar-refractivity contribution in [3.63, 3.8) is 0 Å². The molecule has 1 aromatic rings. The van der Waals surface area contributed by atoms with Gasteiger partial charge in [-0.15, -0.1) is 0 Å². The summed E-state index contributed by atoms with van der Waals surface area (Å²) >= 11 is 6.11. The molecule has 1 amide bonds. The highest BCUT2D eigenvalue weighted by atomic mass is 35.5. The van der Waals surface area contributed by atoms with E-state index in [1.807, 2.05) is 25.1 Å². The standard InChI is InChI=1S/C15H22ClN3O/c1-10-3-4-14(13(16)6-10)18-15(20)9-19-7-11(2)5-12(17)8-19/h3-4,6,11-12H,5,7-9,17H2,1-2H3,(H,18,20). The van der Waals surface area contributed by atoms with Gasteiger partial charge in [0.2, 0.25) is 5.91 Å². The molecule has 0 aromatic heterocycles. The number of carbonyl (C=O) groups is 1. The first-order chi connectivity index (χ1) is 9.44. The summed E-state index contributed by atoms with van der Waals surface area (Å²) in [6, 6.07) is 5.77. The van der Waals surface area contributed by atoms with Crippen LogP contribution in [0.3, 0.4) is 0 Å². The Morgan fingerprint density at radius 1 is 1.50 bits per heavy atom. The maximum Gasteiger partial charge on any atom is 0.238 e. The van der Waals surface area contributed by atoms with Crippen LogP contribution in [-0.2, 0) is 4.79 Å². The van der Waals surface area contributed by atoms with Crippen molar-refractivity contribution in [3.8, 4) is 0 Å². The summed E-state index contributed by atoms with van der Waals surface area (Å²) in [5.74, 6) is 0.492. The number of rotatable bonds is 3. The minimum Gasteiger partial charge on any atom is -0.327 e. The third-order valence-electron chi connectivity index (χ3n) is 3.53. The number of amides is 1. The number of piperidine rings is 1. The highest BCUT2D eigenvalue weighted by Gasteiger charge is 2.23. The van der Waals surface area contributed by atoms with Crippen molar-refractivity contribution in [1.29, 1.82) is 0 Å². The van der Waals surface area contributed by atoms with Crippen molar-refractivity contribution < 1.29 is 4.79 Å². The van der Waals surface area contributed by atoms with Crippen LogP contribution < -0.4 is 11.1 Å². The number of nitrogens with two attached hydrogens (primary N) is 1. The number of likely N-dealkylation sites (tertiary alicyclic amines) is 1. The summed E-state index contributed by atoms with van der Waals surface area (Å²) < 4.78 is 0. The average molecular weight is 296 g/mol. The third-order valence-corrected chi connectivity index (χ3v) is 3.85. The molecule has 2 atom stereocenters. The maximum absolute atomic E-state index is 12.1. The van der Waals surface area contributed by atoms with Crippen LogP contribution >= 0.6 is 11.6 Å². The molecule has 1 saturated heterocycles. The van der Waals surface area contributed by atoms with Crippen LogP contribution in [0, 0.1) is 12.8 Å². The largest absolute Gasteiger partial charge is 0.327 e. The number of anilines is 1. The molecule has 1 aliphatic heterocycles. The molecule has 1 heterocycles. The number of aryl methyl sites for hydroxylation is 1. The molecule has 0 saturated carbocycles. The van der Waals surface area contributed by atoms with E-state index in [9.17, 15) is 4.79 Å². The Kier molecular flexibility index (Phi) is 5.02. The van der Waals surface area contributed by atoms with Gasteiger partial charge in [0.1, 0.15) is 0 Å². The van der Waals surface area contributed by atoms with Gasteiger partial charge in [0.05, 0.1) is 17.3 Å². The Balaban J connectivity index is 1.92. The number of nitrogens with one attached hydrogen (secondary N) is 1. The second-order valence-corrected chi connectivity index (χ2v) is 6.23. The summed E-state index contributed by atoms with van der Waals surface area (Å²) in [7, 11) is 0. The van der Waals surface area contributed by atoms with Crippen molar-refractivity contribution in [2.24, 2.45) is 11.7 Å². The van der Waals surface area contributed by atoms with Crippen molar-refractivity contribution in [3.05, 3.63) is 28.8 Å². The minimum atomic E-state index is -0.0444. The molecule has 110 valence electrons. The molecule has 20 heavy (non-hydrogen) atoms. The van der Waals surface area contributed by atoms with E-state index in [1.54, 1.807) is 0 Å². The van der Waals surface area contributed by atoms with E-state index in [4.69, 9.17) is 17.3 Å². The minimum absolute atomic E-state index is 0.0444. The van der Waals surface area contributed by atoms with Crippen LogP contribution in [0.5, 0.6) is 0 Å². The van der Waals surface area contributed by atoms with Crippen molar-refractivity contribution >= 4 is 23.2 Å².